The van der Waals surface area contributed by atoms with Crippen molar-refractivity contribution in [1.29, 1.82) is 0 Å². The van der Waals surface area contributed by atoms with Gasteiger partial charge in [0, 0.05) is 38.8 Å². The van der Waals surface area contributed by atoms with Gasteiger partial charge in [0.15, 0.2) is 0 Å². The maximum atomic E-state index is 13.2. The molecular weight excluding hydrogens is 400 g/mol. The molecule has 0 spiro atoms. The molecule has 3 aliphatic rings. The zero-order valence-corrected chi connectivity index (χ0v) is 18.6. The van der Waals surface area contributed by atoms with Gasteiger partial charge < -0.3 is 4.90 Å². The number of nitrogens with zero attached hydrogens (tertiary/aromatic N) is 2. The number of carbonyl (C=O) groups excluding carboxylic acids is 1. The predicted molar refractivity (Wildman–Crippen MR) is 116 cm³/mol. The third-order valence-electron chi connectivity index (χ3n) is 7.20. The van der Waals surface area contributed by atoms with E-state index in [0.29, 0.717) is 30.6 Å². The fraction of sp³-hybridized carbons (Fsp3) is 0.682. The second-order valence-electron chi connectivity index (χ2n) is 8.95. The van der Waals surface area contributed by atoms with Crippen LogP contribution in [-0.4, -0.2) is 62.3 Å². The van der Waals surface area contributed by atoms with Crippen molar-refractivity contribution >= 4 is 15.9 Å². The Morgan fingerprint density at radius 2 is 1.70 bits per heavy atom. The molecule has 2 N–H and O–H groups in total. The number of rotatable bonds is 5. The molecule has 2 heterocycles. The summed E-state index contributed by atoms with van der Waals surface area (Å²) in [6.07, 6.45) is 7.44. The van der Waals surface area contributed by atoms with Crippen molar-refractivity contribution in [2.75, 3.05) is 26.7 Å². The Labute approximate surface area is 180 Å². The molecular formula is C22H34N4O3S. The zero-order valence-electron chi connectivity index (χ0n) is 17.8. The van der Waals surface area contributed by atoms with E-state index in [4.69, 9.17) is 0 Å². The average molecular weight is 435 g/mol. The fourth-order valence-corrected chi connectivity index (χ4v) is 6.82. The van der Waals surface area contributed by atoms with Gasteiger partial charge in [-0.15, -0.1) is 0 Å². The maximum absolute atomic E-state index is 13.2. The maximum Gasteiger partial charge on any atom is 0.243 e. The molecule has 0 aromatic heterocycles. The summed E-state index contributed by atoms with van der Waals surface area (Å²) in [7, 11) is -1.48. The van der Waals surface area contributed by atoms with E-state index in [1.165, 1.54) is 19.3 Å². The lowest BCUT2D eigenvalue weighted by atomic mass is 9.82. The number of piperidine rings is 1. The first-order valence-electron chi connectivity index (χ1n) is 11.3. The van der Waals surface area contributed by atoms with Crippen molar-refractivity contribution in [2.24, 2.45) is 11.8 Å². The Kier molecular flexibility index (Phi) is 6.77. The lowest BCUT2D eigenvalue weighted by Gasteiger charge is -2.38. The number of hydrogen-bond acceptors (Lipinski definition) is 5. The molecule has 1 aliphatic carbocycles. The van der Waals surface area contributed by atoms with Gasteiger partial charge in [-0.3, -0.25) is 15.6 Å². The van der Waals surface area contributed by atoms with E-state index < -0.39 is 10.0 Å². The third kappa shape index (κ3) is 4.42. The molecule has 3 fully saturated rings. The Morgan fingerprint density at radius 1 is 1.03 bits per heavy atom. The van der Waals surface area contributed by atoms with Gasteiger partial charge in [0.1, 0.15) is 0 Å². The summed E-state index contributed by atoms with van der Waals surface area (Å²) in [4.78, 5) is 15.6. The summed E-state index contributed by atoms with van der Waals surface area (Å²) in [5.41, 5.74) is 6.53. The SMILES string of the molecule is CN(C(=O)C1CNNC1C1CCN(S(=O)(=O)c2ccccc2)CC1)C1CCCCC1. The Balaban J connectivity index is 1.37. The van der Waals surface area contributed by atoms with Crippen molar-refractivity contribution < 1.29 is 13.2 Å². The van der Waals surface area contributed by atoms with Crippen LogP contribution in [0.2, 0.25) is 0 Å². The molecule has 0 radical (unpaired) electrons. The first kappa shape index (κ1) is 21.7. The molecule has 30 heavy (non-hydrogen) atoms. The van der Waals surface area contributed by atoms with Crippen molar-refractivity contribution in [2.45, 2.75) is 61.9 Å². The molecule has 2 atom stereocenters. The standard InChI is InChI=1S/C22H34N4O3S/c1-25(18-8-4-2-5-9-18)22(27)20-16-23-24-21(20)17-12-14-26(15-13-17)30(28,29)19-10-6-3-7-11-19/h3,6-7,10-11,17-18,20-21,23-24H,2,4-5,8-9,12-16H2,1H3. The van der Waals surface area contributed by atoms with E-state index in [2.05, 4.69) is 10.9 Å². The van der Waals surface area contributed by atoms with E-state index in [9.17, 15) is 13.2 Å². The highest BCUT2D eigenvalue weighted by Crippen LogP contribution is 2.31. The van der Waals surface area contributed by atoms with Gasteiger partial charge >= 0.3 is 0 Å². The minimum Gasteiger partial charge on any atom is -0.342 e. The summed E-state index contributed by atoms with van der Waals surface area (Å²) in [5.74, 6) is 0.430. The van der Waals surface area contributed by atoms with Crippen LogP contribution in [0.25, 0.3) is 0 Å². The first-order chi connectivity index (χ1) is 14.5. The average Bonchev–Trinajstić information content (AvgIpc) is 3.29. The van der Waals surface area contributed by atoms with Gasteiger partial charge in [-0.2, -0.15) is 4.31 Å². The van der Waals surface area contributed by atoms with Gasteiger partial charge in [-0.05, 0) is 43.7 Å². The van der Waals surface area contributed by atoms with Gasteiger partial charge in [0.05, 0.1) is 10.8 Å². The van der Waals surface area contributed by atoms with Crippen LogP contribution < -0.4 is 10.9 Å². The van der Waals surface area contributed by atoms with Crippen LogP contribution in [0.1, 0.15) is 44.9 Å². The molecule has 1 saturated carbocycles. The van der Waals surface area contributed by atoms with Crippen molar-refractivity contribution in [3.63, 3.8) is 0 Å². The largest absolute Gasteiger partial charge is 0.342 e. The summed E-state index contributed by atoms with van der Waals surface area (Å²) >= 11 is 0. The zero-order chi connectivity index (χ0) is 21.1. The molecule has 166 valence electrons. The number of benzene rings is 1. The van der Waals surface area contributed by atoms with E-state index in [1.54, 1.807) is 28.6 Å². The van der Waals surface area contributed by atoms with E-state index in [0.717, 1.165) is 25.7 Å². The summed E-state index contributed by atoms with van der Waals surface area (Å²) in [6, 6.07) is 9.07. The highest BCUT2D eigenvalue weighted by Gasteiger charge is 2.42. The summed E-state index contributed by atoms with van der Waals surface area (Å²) in [6.45, 7) is 1.64. The molecule has 8 heteroatoms. The van der Waals surface area contributed by atoms with Gasteiger partial charge in [-0.25, -0.2) is 8.42 Å². The first-order valence-corrected chi connectivity index (χ1v) is 12.7. The number of hydrazine groups is 1. The van der Waals surface area contributed by atoms with Crippen LogP contribution >= 0.6 is 0 Å². The minimum absolute atomic E-state index is 0.0603. The van der Waals surface area contributed by atoms with Gasteiger partial charge in [0.25, 0.3) is 0 Å². The number of nitrogens with one attached hydrogen (secondary N) is 2. The number of sulfonamides is 1. The molecule has 1 aromatic rings. The molecule has 2 unspecified atom stereocenters. The monoisotopic (exact) mass is 434 g/mol. The highest BCUT2D eigenvalue weighted by molar-refractivity contribution is 7.89. The summed E-state index contributed by atoms with van der Waals surface area (Å²) in [5, 5.41) is 0. The fourth-order valence-electron chi connectivity index (χ4n) is 5.33. The van der Waals surface area contributed by atoms with Gasteiger partial charge in [0.2, 0.25) is 15.9 Å². The second-order valence-corrected chi connectivity index (χ2v) is 10.9. The molecule has 2 aliphatic heterocycles. The smallest absolute Gasteiger partial charge is 0.243 e. The van der Waals surface area contributed by atoms with Gasteiger partial charge in [-0.1, -0.05) is 37.5 Å². The third-order valence-corrected chi connectivity index (χ3v) is 9.11. The van der Waals surface area contributed by atoms with Crippen LogP contribution in [0.4, 0.5) is 0 Å². The van der Waals surface area contributed by atoms with Crippen LogP contribution in [0.3, 0.4) is 0 Å². The molecule has 2 saturated heterocycles. The minimum atomic E-state index is -3.44. The van der Waals surface area contributed by atoms with Crippen LogP contribution in [0.15, 0.2) is 35.2 Å². The van der Waals surface area contributed by atoms with E-state index in [1.807, 2.05) is 18.0 Å². The van der Waals surface area contributed by atoms with Crippen molar-refractivity contribution in [3.8, 4) is 0 Å². The van der Waals surface area contributed by atoms with E-state index >= 15 is 0 Å². The topological polar surface area (TPSA) is 81.8 Å². The quantitative estimate of drug-likeness (QED) is 0.741. The molecule has 0 bridgehead atoms. The summed E-state index contributed by atoms with van der Waals surface area (Å²) < 4.78 is 27.4. The van der Waals surface area contributed by atoms with Crippen LogP contribution in [0, 0.1) is 11.8 Å². The Bertz CT molecular complexity index is 818. The molecule has 1 amide bonds. The Morgan fingerprint density at radius 3 is 2.37 bits per heavy atom. The highest BCUT2D eigenvalue weighted by atomic mass is 32.2. The van der Waals surface area contributed by atoms with E-state index in [-0.39, 0.29) is 23.8 Å². The van der Waals surface area contributed by atoms with Crippen molar-refractivity contribution in [3.05, 3.63) is 30.3 Å². The second kappa shape index (κ2) is 9.34. The molecule has 4 rings (SSSR count). The van der Waals surface area contributed by atoms with Crippen LogP contribution in [-0.2, 0) is 14.8 Å². The number of carbonyl (C=O) groups is 1. The number of hydrogen-bond donors (Lipinski definition) is 2. The number of amides is 1. The van der Waals surface area contributed by atoms with Crippen LogP contribution in [0.5, 0.6) is 0 Å². The predicted octanol–water partition coefficient (Wildman–Crippen LogP) is 1.97. The lowest BCUT2D eigenvalue weighted by molar-refractivity contribution is -0.137. The molecule has 7 nitrogen and oxygen atoms in total. The Hall–Kier alpha value is -1.48. The molecule has 1 aromatic carbocycles. The normalized spacial score (nSPS) is 27.2. The lowest BCUT2D eigenvalue weighted by Crippen LogP contribution is -2.50. The van der Waals surface area contributed by atoms with Crippen molar-refractivity contribution in [1.82, 2.24) is 20.1 Å².